The van der Waals surface area contributed by atoms with Crippen molar-refractivity contribution in [3.05, 3.63) is 29.8 Å². The lowest BCUT2D eigenvalue weighted by Gasteiger charge is -2.23. The maximum absolute atomic E-state index is 12.1. The number of rotatable bonds is 6. The fraction of sp³-hybridized carbons (Fsp3) is 0.500. The second kappa shape index (κ2) is 7.65. The van der Waals surface area contributed by atoms with E-state index in [0.717, 1.165) is 0 Å². The monoisotopic (exact) mass is 355 g/mol. The Bertz CT molecular complexity index is 698. The normalized spacial score (nSPS) is 18.8. The summed E-state index contributed by atoms with van der Waals surface area (Å²) in [6, 6.07) is 5.99. The topological polar surface area (TPSA) is 90.0 Å². The summed E-state index contributed by atoms with van der Waals surface area (Å²) in [4.78, 5) is 25.1. The van der Waals surface area contributed by atoms with Gasteiger partial charge in [-0.1, -0.05) is 0 Å². The van der Waals surface area contributed by atoms with Gasteiger partial charge in [-0.25, -0.2) is 13.2 Å². The summed E-state index contributed by atoms with van der Waals surface area (Å²) in [5.41, 5.74) is 0.406. The van der Waals surface area contributed by atoms with Gasteiger partial charge in [0.15, 0.2) is 16.4 Å². The largest absolute Gasteiger partial charge is 0.484 e. The molecule has 1 aromatic rings. The minimum Gasteiger partial charge on any atom is -0.484 e. The van der Waals surface area contributed by atoms with Crippen LogP contribution in [0.4, 0.5) is 0 Å². The van der Waals surface area contributed by atoms with Crippen molar-refractivity contribution in [2.24, 2.45) is 0 Å². The van der Waals surface area contributed by atoms with E-state index in [1.54, 1.807) is 38.2 Å². The average Bonchev–Trinajstić information content (AvgIpc) is 2.92. The minimum absolute atomic E-state index is 0.00345. The van der Waals surface area contributed by atoms with Crippen molar-refractivity contribution >= 4 is 21.7 Å². The summed E-state index contributed by atoms with van der Waals surface area (Å²) in [7, 11) is -1.45. The fourth-order valence-electron chi connectivity index (χ4n) is 2.43. The van der Waals surface area contributed by atoms with E-state index in [1.807, 2.05) is 0 Å². The molecule has 0 unspecified atom stereocenters. The molecule has 0 bridgehead atoms. The van der Waals surface area contributed by atoms with E-state index in [0.29, 0.717) is 24.3 Å². The number of ether oxygens (including phenoxy) is 2. The Morgan fingerprint density at radius 2 is 1.92 bits per heavy atom. The van der Waals surface area contributed by atoms with Crippen LogP contribution in [0.25, 0.3) is 0 Å². The van der Waals surface area contributed by atoms with Gasteiger partial charge in [-0.3, -0.25) is 4.79 Å². The predicted octanol–water partition coefficient (Wildman–Crippen LogP) is 0.888. The second-order valence-corrected chi connectivity index (χ2v) is 7.82. The molecule has 1 saturated heterocycles. The lowest BCUT2D eigenvalue weighted by molar-refractivity contribution is -0.133. The van der Waals surface area contributed by atoms with Gasteiger partial charge in [-0.15, -0.1) is 0 Å². The first-order valence-corrected chi connectivity index (χ1v) is 9.50. The number of esters is 1. The van der Waals surface area contributed by atoms with Crippen LogP contribution in [0.1, 0.15) is 23.7 Å². The number of benzene rings is 1. The first-order chi connectivity index (χ1) is 11.3. The molecular formula is C16H21NO6S. The van der Waals surface area contributed by atoms with Crippen LogP contribution in [0.3, 0.4) is 0 Å². The van der Waals surface area contributed by atoms with E-state index >= 15 is 0 Å². The lowest BCUT2D eigenvalue weighted by atomic mass is 10.2. The minimum atomic E-state index is -3.04. The molecule has 1 aromatic carbocycles. The second-order valence-electron chi connectivity index (χ2n) is 5.60. The molecule has 1 aliphatic heterocycles. The van der Waals surface area contributed by atoms with Gasteiger partial charge in [0.25, 0.3) is 5.91 Å². The number of amides is 1. The maximum atomic E-state index is 12.1. The zero-order chi connectivity index (χ0) is 17.7. The summed E-state index contributed by atoms with van der Waals surface area (Å²) in [6.45, 7) is 1.84. The Morgan fingerprint density at radius 1 is 1.25 bits per heavy atom. The first-order valence-electron chi connectivity index (χ1n) is 7.68. The zero-order valence-corrected chi connectivity index (χ0v) is 14.5. The zero-order valence-electron chi connectivity index (χ0n) is 13.7. The van der Waals surface area contributed by atoms with Gasteiger partial charge in [0, 0.05) is 13.1 Å². The molecule has 0 saturated carbocycles. The van der Waals surface area contributed by atoms with Gasteiger partial charge >= 0.3 is 5.97 Å². The number of nitrogens with zero attached hydrogens (tertiary/aromatic N) is 1. The summed E-state index contributed by atoms with van der Waals surface area (Å²) in [5, 5.41) is 0. The number of hydrogen-bond acceptors (Lipinski definition) is 6. The Balaban J connectivity index is 1.86. The highest BCUT2D eigenvalue weighted by Gasteiger charge is 2.32. The van der Waals surface area contributed by atoms with E-state index < -0.39 is 15.8 Å². The number of carbonyl (C=O) groups excluding carboxylic acids is 2. The number of sulfone groups is 1. The molecule has 7 nitrogen and oxygen atoms in total. The van der Waals surface area contributed by atoms with Crippen molar-refractivity contribution in [1.82, 2.24) is 4.90 Å². The first kappa shape index (κ1) is 18.3. The van der Waals surface area contributed by atoms with Crippen molar-refractivity contribution < 1.29 is 27.5 Å². The summed E-state index contributed by atoms with van der Waals surface area (Å²) < 4.78 is 33.2. The number of likely N-dealkylation sites (N-methyl/N-ethyl adjacent to an activating group) is 1. The molecule has 1 fully saturated rings. The highest BCUT2D eigenvalue weighted by Crippen LogP contribution is 2.17. The van der Waals surface area contributed by atoms with Crippen molar-refractivity contribution in [3.63, 3.8) is 0 Å². The van der Waals surface area contributed by atoms with Crippen molar-refractivity contribution in [3.8, 4) is 5.75 Å². The van der Waals surface area contributed by atoms with Crippen molar-refractivity contribution in [2.75, 3.05) is 31.8 Å². The lowest BCUT2D eigenvalue weighted by Crippen LogP contribution is -2.40. The molecule has 132 valence electrons. The van der Waals surface area contributed by atoms with Crippen LogP contribution in [-0.2, 0) is 19.4 Å². The van der Waals surface area contributed by atoms with Crippen molar-refractivity contribution in [1.29, 1.82) is 0 Å². The number of carbonyl (C=O) groups is 2. The SMILES string of the molecule is CCOC(=O)c1ccc(OCC(=O)N(C)[C@H]2CCS(=O)(=O)C2)cc1. The molecule has 0 aromatic heterocycles. The molecule has 1 heterocycles. The van der Waals surface area contributed by atoms with E-state index in [9.17, 15) is 18.0 Å². The standard InChI is InChI=1S/C16H21NO6S/c1-3-22-16(19)12-4-6-14(7-5-12)23-10-15(18)17(2)13-8-9-24(20,21)11-13/h4-7,13H,3,8-11H2,1-2H3/t13-/m0/s1. The smallest absolute Gasteiger partial charge is 0.338 e. The third-order valence-electron chi connectivity index (χ3n) is 3.88. The highest BCUT2D eigenvalue weighted by molar-refractivity contribution is 7.91. The predicted molar refractivity (Wildman–Crippen MR) is 87.7 cm³/mol. The van der Waals surface area contributed by atoms with E-state index in [-0.39, 0.29) is 30.1 Å². The molecular weight excluding hydrogens is 334 g/mol. The van der Waals surface area contributed by atoms with Crippen LogP contribution >= 0.6 is 0 Å². The Morgan fingerprint density at radius 3 is 2.46 bits per heavy atom. The van der Waals surface area contributed by atoms with Crippen LogP contribution in [0, 0.1) is 0 Å². The van der Waals surface area contributed by atoms with Crippen LogP contribution in [0.5, 0.6) is 5.75 Å². The van der Waals surface area contributed by atoms with Crippen LogP contribution in [-0.4, -0.2) is 63.0 Å². The summed E-state index contributed by atoms with van der Waals surface area (Å²) in [5.74, 6) is -0.132. The maximum Gasteiger partial charge on any atom is 0.338 e. The molecule has 1 amide bonds. The third kappa shape index (κ3) is 4.70. The van der Waals surface area contributed by atoms with Gasteiger partial charge in [-0.2, -0.15) is 0 Å². The van der Waals surface area contributed by atoms with Crippen LogP contribution < -0.4 is 4.74 Å². The molecule has 1 atom stereocenters. The fourth-order valence-corrected chi connectivity index (χ4v) is 4.21. The Hall–Kier alpha value is -2.09. The molecule has 0 spiro atoms. The molecule has 0 radical (unpaired) electrons. The quantitative estimate of drug-likeness (QED) is 0.704. The molecule has 0 N–H and O–H groups in total. The van der Waals surface area contributed by atoms with E-state index in [1.165, 1.54) is 4.90 Å². The van der Waals surface area contributed by atoms with E-state index in [2.05, 4.69) is 0 Å². The van der Waals surface area contributed by atoms with Gasteiger partial charge < -0.3 is 14.4 Å². The Labute approximate surface area is 141 Å². The van der Waals surface area contributed by atoms with Gasteiger partial charge in [-0.05, 0) is 37.6 Å². The van der Waals surface area contributed by atoms with E-state index in [4.69, 9.17) is 9.47 Å². The molecule has 0 aliphatic carbocycles. The number of hydrogen-bond donors (Lipinski definition) is 0. The molecule has 8 heteroatoms. The average molecular weight is 355 g/mol. The van der Waals surface area contributed by atoms with Crippen molar-refractivity contribution in [2.45, 2.75) is 19.4 Å². The highest BCUT2D eigenvalue weighted by atomic mass is 32.2. The van der Waals surface area contributed by atoms with Crippen LogP contribution in [0.2, 0.25) is 0 Å². The molecule has 2 rings (SSSR count). The molecule has 24 heavy (non-hydrogen) atoms. The van der Waals surface area contributed by atoms with Crippen LogP contribution in [0.15, 0.2) is 24.3 Å². The summed E-state index contributed by atoms with van der Waals surface area (Å²) in [6.07, 6.45) is 0.457. The molecule has 1 aliphatic rings. The third-order valence-corrected chi connectivity index (χ3v) is 5.63. The van der Waals surface area contributed by atoms with Gasteiger partial charge in [0.05, 0.1) is 23.7 Å². The van der Waals surface area contributed by atoms with Gasteiger partial charge in [0.1, 0.15) is 5.75 Å². The Kier molecular flexibility index (Phi) is 5.82. The van der Waals surface area contributed by atoms with Gasteiger partial charge in [0.2, 0.25) is 0 Å². The summed E-state index contributed by atoms with van der Waals surface area (Å²) >= 11 is 0.